The van der Waals surface area contributed by atoms with Gasteiger partial charge in [-0.25, -0.2) is 0 Å². The second-order valence-corrected chi connectivity index (χ2v) is 5.97. The second-order valence-electron chi connectivity index (χ2n) is 5.97. The minimum absolute atomic E-state index is 0.338. The fourth-order valence-corrected chi connectivity index (χ4v) is 3.21. The third-order valence-corrected chi connectivity index (χ3v) is 4.23. The molecule has 1 aromatic carbocycles. The summed E-state index contributed by atoms with van der Waals surface area (Å²) in [5, 5.41) is 0. The molecule has 0 saturated heterocycles. The molecule has 0 aromatic heterocycles. The normalized spacial score (nSPS) is 15.8. The molecule has 0 saturated carbocycles. The van der Waals surface area contributed by atoms with Crippen LogP contribution in [-0.4, -0.2) is 31.1 Å². The lowest BCUT2D eigenvalue weighted by Crippen LogP contribution is -2.54. The number of hydrogen-bond acceptors (Lipinski definition) is 3. The molecule has 0 aliphatic rings. The standard InChI is InChI=1S/C18H32N2O/c1-6-12-20(13-7-2)17(8-3)18(4,19)15-10-9-11-16(14-15)21-5/h9-11,14,17H,6-8,12-13,19H2,1-5H3. The van der Waals surface area contributed by atoms with Gasteiger partial charge in [0, 0.05) is 6.04 Å². The molecule has 0 bridgehead atoms. The highest BCUT2D eigenvalue weighted by Gasteiger charge is 2.34. The smallest absolute Gasteiger partial charge is 0.119 e. The maximum Gasteiger partial charge on any atom is 0.119 e. The van der Waals surface area contributed by atoms with E-state index in [1.165, 1.54) is 0 Å². The second kappa shape index (κ2) is 8.40. The summed E-state index contributed by atoms with van der Waals surface area (Å²) in [5.74, 6) is 0.872. The first-order valence-corrected chi connectivity index (χ1v) is 8.18. The molecule has 0 heterocycles. The van der Waals surface area contributed by atoms with Crippen molar-refractivity contribution >= 4 is 0 Å². The molecule has 0 aliphatic heterocycles. The Hall–Kier alpha value is -1.06. The van der Waals surface area contributed by atoms with Crippen molar-refractivity contribution in [2.45, 2.75) is 58.5 Å². The van der Waals surface area contributed by atoms with E-state index in [9.17, 15) is 0 Å². The Bertz CT molecular complexity index is 411. The van der Waals surface area contributed by atoms with Crippen molar-refractivity contribution in [1.29, 1.82) is 0 Å². The summed E-state index contributed by atoms with van der Waals surface area (Å²) in [6.07, 6.45) is 3.36. The predicted octanol–water partition coefficient (Wildman–Crippen LogP) is 3.77. The van der Waals surface area contributed by atoms with Crippen LogP contribution in [0.15, 0.2) is 24.3 Å². The van der Waals surface area contributed by atoms with Gasteiger partial charge in [0.15, 0.2) is 0 Å². The van der Waals surface area contributed by atoms with E-state index in [0.29, 0.717) is 6.04 Å². The summed E-state index contributed by atoms with van der Waals surface area (Å²) in [5.41, 5.74) is 7.54. The van der Waals surface area contributed by atoms with Gasteiger partial charge in [-0.05, 0) is 57.0 Å². The van der Waals surface area contributed by atoms with Crippen molar-refractivity contribution in [1.82, 2.24) is 4.90 Å². The molecule has 0 spiro atoms. The van der Waals surface area contributed by atoms with Crippen molar-refractivity contribution in [2.24, 2.45) is 5.73 Å². The van der Waals surface area contributed by atoms with E-state index in [1.54, 1.807) is 7.11 Å². The lowest BCUT2D eigenvalue weighted by molar-refractivity contribution is 0.122. The Morgan fingerprint density at radius 2 is 1.81 bits per heavy atom. The molecule has 0 amide bonds. The quantitative estimate of drug-likeness (QED) is 0.753. The van der Waals surface area contributed by atoms with Gasteiger partial charge < -0.3 is 10.5 Å². The zero-order valence-electron chi connectivity index (χ0n) is 14.4. The number of methoxy groups -OCH3 is 1. The lowest BCUT2D eigenvalue weighted by Gasteiger charge is -2.42. The highest BCUT2D eigenvalue weighted by atomic mass is 16.5. The molecule has 1 rings (SSSR count). The molecule has 0 radical (unpaired) electrons. The van der Waals surface area contributed by atoms with Crippen LogP contribution in [0.2, 0.25) is 0 Å². The fourth-order valence-electron chi connectivity index (χ4n) is 3.21. The van der Waals surface area contributed by atoms with E-state index in [2.05, 4.69) is 44.7 Å². The van der Waals surface area contributed by atoms with Gasteiger partial charge in [0.1, 0.15) is 5.75 Å². The molecule has 1 aromatic rings. The van der Waals surface area contributed by atoms with Crippen molar-refractivity contribution in [3.8, 4) is 5.75 Å². The predicted molar refractivity (Wildman–Crippen MR) is 90.8 cm³/mol. The van der Waals surface area contributed by atoms with Crippen molar-refractivity contribution < 1.29 is 4.74 Å². The molecule has 3 heteroatoms. The van der Waals surface area contributed by atoms with Crippen LogP contribution in [0.5, 0.6) is 5.75 Å². The maximum absolute atomic E-state index is 6.78. The highest BCUT2D eigenvalue weighted by molar-refractivity contribution is 5.34. The SMILES string of the molecule is CCCN(CCC)C(CC)C(C)(N)c1cccc(OC)c1. The fraction of sp³-hybridized carbons (Fsp3) is 0.667. The number of rotatable bonds is 9. The summed E-state index contributed by atoms with van der Waals surface area (Å²) in [6.45, 7) is 11.0. The van der Waals surface area contributed by atoms with Crippen LogP contribution in [0.25, 0.3) is 0 Å². The zero-order chi connectivity index (χ0) is 15.9. The summed E-state index contributed by atoms with van der Waals surface area (Å²) in [7, 11) is 1.70. The Kier molecular flexibility index (Phi) is 7.20. The molecule has 0 aliphatic carbocycles. The molecular weight excluding hydrogens is 260 g/mol. The van der Waals surface area contributed by atoms with Crippen LogP contribution < -0.4 is 10.5 Å². The number of nitrogens with zero attached hydrogens (tertiary/aromatic N) is 1. The molecule has 3 nitrogen and oxygen atoms in total. The van der Waals surface area contributed by atoms with Crippen molar-refractivity contribution in [3.05, 3.63) is 29.8 Å². The summed E-state index contributed by atoms with van der Waals surface area (Å²) < 4.78 is 5.35. The van der Waals surface area contributed by atoms with Gasteiger partial charge in [0.05, 0.1) is 12.6 Å². The van der Waals surface area contributed by atoms with Crippen LogP contribution >= 0.6 is 0 Å². The first-order valence-electron chi connectivity index (χ1n) is 8.18. The van der Waals surface area contributed by atoms with Crippen molar-refractivity contribution in [3.63, 3.8) is 0 Å². The van der Waals surface area contributed by atoms with Crippen LogP contribution in [-0.2, 0) is 5.54 Å². The van der Waals surface area contributed by atoms with E-state index in [-0.39, 0.29) is 5.54 Å². The van der Waals surface area contributed by atoms with Gasteiger partial charge in [-0.1, -0.05) is 32.9 Å². The first kappa shape index (κ1) is 18.0. The van der Waals surface area contributed by atoms with Gasteiger partial charge in [0.25, 0.3) is 0 Å². The number of nitrogens with two attached hydrogens (primary N) is 1. The van der Waals surface area contributed by atoms with E-state index in [0.717, 1.165) is 43.7 Å². The summed E-state index contributed by atoms with van der Waals surface area (Å²) in [4.78, 5) is 2.54. The third kappa shape index (κ3) is 4.45. The van der Waals surface area contributed by atoms with Crippen LogP contribution in [0, 0.1) is 0 Å². The lowest BCUT2D eigenvalue weighted by atomic mass is 9.82. The monoisotopic (exact) mass is 292 g/mol. The molecule has 2 atom stereocenters. The van der Waals surface area contributed by atoms with E-state index in [4.69, 9.17) is 10.5 Å². The third-order valence-electron chi connectivity index (χ3n) is 4.23. The molecule has 120 valence electrons. The van der Waals surface area contributed by atoms with Gasteiger partial charge in [0.2, 0.25) is 0 Å². The maximum atomic E-state index is 6.78. The van der Waals surface area contributed by atoms with Crippen molar-refractivity contribution in [2.75, 3.05) is 20.2 Å². The summed E-state index contributed by atoms with van der Waals surface area (Å²) >= 11 is 0. The Balaban J connectivity index is 3.09. The molecular formula is C18H32N2O. The largest absolute Gasteiger partial charge is 0.497 e. The van der Waals surface area contributed by atoms with Gasteiger partial charge >= 0.3 is 0 Å². The van der Waals surface area contributed by atoms with E-state index >= 15 is 0 Å². The van der Waals surface area contributed by atoms with E-state index in [1.807, 2.05) is 12.1 Å². The summed E-state index contributed by atoms with van der Waals surface area (Å²) in [6, 6.07) is 8.51. The van der Waals surface area contributed by atoms with Crippen LogP contribution in [0.3, 0.4) is 0 Å². The van der Waals surface area contributed by atoms with Gasteiger partial charge in [-0.3, -0.25) is 4.90 Å². The molecule has 21 heavy (non-hydrogen) atoms. The topological polar surface area (TPSA) is 38.5 Å². The highest BCUT2D eigenvalue weighted by Crippen LogP contribution is 2.30. The minimum atomic E-state index is -0.381. The number of benzene rings is 1. The van der Waals surface area contributed by atoms with Gasteiger partial charge in [-0.2, -0.15) is 0 Å². The van der Waals surface area contributed by atoms with E-state index < -0.39 is 0 Å². The Morgan fingerprint density at radius 3 is 2.29 bits per heavy atom. The average molecular weight is 292 g/mol. The zero-order valence-corrected chi connectivity index (χ0v) is 14.4. The van der Waals surface area contributed by atoms with Crippen LogP contribution in [0.1, 0.15) is 52.5 Å². The average Bonchev–Trinajstić information content (AvgIpc) is 2.48. The van der Waals surface area contributed by atoms with Gasteiger partial charge in [-0.15, -0.1) is 0 Å². The Morgan fingerprint density at radius 1 is 1.19 bits per heavy atom. The molecule has 2 N–H and O–H groups in total. The van der Waals surface area contributed by atoms with Crippen LogP contribution in [0.4, 0.5) is 0 Å². The minimum Gasteiger partial charge on any atom is -0.497 e. The Labute approximate surface area is 130 Å². The molecule has 0 fully saturated rings. The molecule has 2 unspecified atom stereocenters. The number of hydrogen-bond donors (Lipinski definition) is 1. The first-order chi connectivity index (χ1) is 10.0. The number of ether oxygens (including phenoxy) is 1.